The Morgan fingerprint density at radius 3 is 2.83 bits per heavy atom. The van der Waals surface area contributed by atoms with Crippen molar-refractivity contribution >= 4 is 46.3 Å². The van der Waals surface area contributed by atoms with Gasteiger partial charge in [0.2, 0.25) is 0 Å². The number of hydrogen-bond acceptors (Lipinski definition) is 4. The Balaban J connectivity index is 1.81. The van der Waals surface area contributed by atoms with E-state index in [1.54, 1.807) is 31.2 Å². The van der Waals surface area contributed by atoms with Gasteiger partial charge in [0.15, 0.2) is 0 Å². The van der Waals surface area contributed by atoms with E-state index in [1.165, 1.54) is 18.5 Å². The van der Waals surface area contributed by atoms with E-state index in [0.29, 0.717) is 26.6 Å². The van der Waals surface area contributed by atoms with Gasteiger partial charge in [-0.05, 0) is 36.8 Å². The highest BCUT2D eigenvalue weighted by Crippen LogP contribution is 2.32. The number of phenolic OH excluding ortho intramolecular Hbond substituents is 1. The minimum Gasteiger partial charge on any atom is -0.506 e. The van der Waals surface area contributed by atoms with Crippen molar-refractivity contribution in [3.8, 4) is 5.75 Å². The summed E-state index contributed by atoms with van der Waals surface area (Å²) in [7, 11) is 0. The number of rotatable bonds is 3. The third kappa shape index (κ3) is 3.09. The summed E-state index contributed by atoms with van der Waals surface area (Å²) in [5.41, 5.74) is 4.32. The molecule has 0 saturated heterocycles. The van der Waals surface area contributed by atoms with Gasteiger partial charge in [-0.1, -0.05) is 29.3 Å². The van der Waals surface area contributed by atoms with Crippen LogP contribution in [0.5, 0.6) is 5.75 Å². The summed E-state index contributed by atoms with van der Waals surface area (Å²) in [6.07, 6.45) is 2.92. The van der Waals surface area contributed by atoms with Crippen LogP contribution in [0.1, 0.15) is 21.5 Å². The van der Waals surface area contributed by atoms with Crippen LogP contribution in [0.3, 0.4) is 0 Å². The second kappa shape index (κ2) is 6.55. The van der Waals surface area contributed by atoms with E-state index in [0.717, 1.165) is 5.56 Å². The number of hydrazone groups is 1. The molecule has 0 aliphatic heterocycles. The second-order valence-electron chi connectivity index (χ2n) is 5.12. The highest BCUT2D eigenvalue weighted by atomic mass is 35.5. The quantitative estimate of drug-likeness (QED) is 0.531. The van der Waals surface area contributed by atoms with Crippen LogP contribution in [0.25, 0.3) is 11.0 Å². The molecule has 0 unspecified atom stereocenters. The zero-order valence-electron chi connectivity index (χ0n) is 12.5. The van der Waals surface area contributed by atoms with Crippen molar-refractivity contribution in [3.63, 3.8) is 0 Å². The fourth-order valence-corrected chi connectivity index (χ4v) is 2.73. The van der Waals surface area contributed by atoms with Gasteiger partial charge in [-0.2, -0.15) is 5.10 Å². The number of benzene rings is 2. The molecule has 24 heavy (non-hydrogen) atoms. The van der Waals surface area contributed by atoms with Gasteiger partial charge in [0, 0.05) is 10.6 Å². The van der Waals surface area contributed by atoms with Crippen molar-refractivity contribution in [2.24, 2.45) is 5.10 Å². The molecule has 122 valence electrons. The molecule has 5 nitrogen and oxygen atoms in total. The second-order valence-corrected chi connectivity index (χ2v) is 5.96. The number of hydrogen-bond donors (Lipinski definition) is 2. The molecule has 1 amide bonds. The van der Waals surface area contributed by atoms with Crippen LogP contribution < -0.4 is 5.43 Å². The molecule has 0 fully saturated rings. The maximum absolute atomic E-state index is 12.2. The number of phenols is 1. The van der Waals surface area contributed by atoms with Gasteiger partial charge in [0.25, 0.3) is 5.91 Å². The number of halogens is 2. The van der Waals surface area contributed by atoms with Crippen LogP contribution in [-0.2, 0) is 0 Å². The SMILES string of the molecule is Cc1coc2ccc(C(=O)N/N=C/c3ccc(Cl)cc3Cl)c(O)c12. The van der Waals surface area contributed by atoms with Crippen LogP contribution in [0.15, 0.2) is 46.1 Å². The topological polar surface area (TPSA) is 74.8 Å². The average molecular weight is 363 g/mol. The first-order valence-corrected chi connectivity index (χ1v) is 7.71. The van der Waals surface area contributed by atoms with Gasteiger partial charge < -0.3 is 9.52 Å². The minimum atomic E-state index is -0.545. The van der Waals surface area contributed by atoms with Gasteiger partial charge in [0.1, 0.15) is 11.3 Å². The molecule has 2 aromatic carbocycles. The van der Waals surface area contributed by atoms with E-state index in [9.17, 15) is 9.90 Å². The van der Waals surface area contributed by atoms with Crippen molar-refractivity contribution in [1.29, 1.82) is 0 Å². The molecule has 3 rings (SSSR count). The number of nitrogens with zero attached hydrogens (tertiary/aromatic N) is 1. The Bertz CT molecular complexity index is 964. The summed E-state index contributed by atoms with van der Waals surface area (Å²) in [4.78, 5) is 12.2. The number of aryl methyl sites for hydroxylation is 1. The Kier molecular flexibility index (Phi) is 4.46. The lowest BCUT2D eigenvalue weighted by molar-refractivity contribution is 0.0952. The number of carbonyl (C=O) groups is 1. The summed E-state index contributed by atoms with van der Waals surface area (Å²) in [5, 5.41) is 15.6. The highest BCUT2D eigenvalue weighted by Gasteiger charge is 2.16. The summed E-state index contributed by atoms with van der Waals surface area (Å²) < 4.78 is 5.28. The first kappa shape index (κ1) is 16.4. The smallest absolute Gasteiger partial charge is 0.275 e. The van der Waals surface area contributed by atoms with E-state index < -0.39 is 5.91 Å². The molecule has 7 heteroatoms. The Labute approximate surface area is 147 Å². The Hall–Kier alpha value is -2.50. The van der Waals surface area contributed by atoms with Gasteiger partial charge >= 0.3 is 0 Å². The van der Waals surface area contributed by atoms with Crippen LogP contribution in [0.2, 0.25) is 10.0 Å². The Morgan fingerprint density at radius 1 is 1.29 bits per heavy atom. The number of amides is 1. The number of furan rings is 1. The summed E-state index contributed by atoms with van der Waals surface area (Å²) >= 11 is 11.8. The van der Waals surface area contributed by atoms with E-state index in [2.05, 4.69) is 10.5 Å². The molecule has 2 N–H and O–H groups in total. The minimum absolute atomic E-state index is 0.103. The van der Waals surface area contributed by atoms with E-state index in [4.69, 9.17) is 27.6 Å². The van der Waals surface area contributed by atoms with Crippen LogP contribution in [0, 0.1) is 6.92 Å². The fraction of sp³-hybridized carbons (Fsp3) is 0.0588. The fourth-order valence-electron chi connectivity index (χ4n) is 2.27. The number of fused-ring (bicyclic) bond motifs is 1. The Morgan fingerprint density at radius 2 is 2.08 bits per heavy atom. The van der Waals surface area contributed by atoms with Crippen LogP contribution in [0.4, 0.5) is 0 Å². The molecule has 1 heterocycles. The molecule has 1 aromatic heterocycles. The lowest BCUT2D eigenvalue weighted by atomic mass is 10.1. The molecular formula is C17H12Cl2N2O3. The number of aromatic hydroxyl groups is 1. The molecule has 0 aliphatic carbocycles. The van der Waals surface area contributed by atoms with Gasteiger partial charge in [0.05, 0.1) is 28.5 Å². The summed E-state index contributed by atoms with van der Waals surface area (Å²) in [5.74, 6) is -0.688. The van der Waals surface area contributed by atoms with Crippen molar-refractivity contribution < 1.29 is 14.3 Å². The monoisotopic (exact) mass is 362 g/mol. The van der Waals surface area contributed by atoms with Crippen LogP contribution >= 0.6 is 23.2 Å². The van der Waals surface area contributed by atoms with Gasteiger partial charge in [-0.3, -0.25) is 4.79 Å². The lowest BCUT2D eigenvalue weighted by Gasteiger charge is -2.04. The first-order chi connectivity index (χ1) is 11.5. The van der Waals surface area contributed by atoms with E-state index in [-0.39, 0.29) is 11.3 Å². The normalized spacial score (nSPS) is 11.3. The zero-order valence-corrected chi connectivity index (χ0v) is 14.0. The molecule has 3 aromatic rings. The predicted molar refractivity (Wildman–Crippen MR) is 94.1 cm³/mol. The van der Waals surface area contributed by atoms with Gasteiger partial charge in [-0.25, -0.2) is 5.43 Å². The molecule has 0 saturated carbocycles. The average Bonchev–Trinajstić information content (AvgIpc) is 2.92. The number of nitrogens with one attached hydrogen (secondary N) is 1. The molecular weight excluding hydrogens is 351 g/mol. The van der Waals surface area contributed by atoms with Crippen molar-refractivity contribution in [2.75, 3.05) is 0 Å². The first-order valence-electron chi connectivity index (χ1n) is 6.95. The summed E-state index contributed by atoms with van der Waals surface area (Å²) in [6.45, 7) is 1.79. The third-order valence-electron chi connectivity index (χ3n) is 3.47. The summed E-state index contributed by atoms with van der Waals surface area (Å²) in [6, 6.07) is 8.02. The van der Waals surface area contributed by atoms with Crippen LogP contribution in [-0.4, -0.2) is 17.2 Å². The van der Waals surface area contributed by atoms with E-state index >= 15 is 0 Å². The highest BCUT2D eigenvalue weighted by molar-refractivity contribution is 6.36. The third-order valence-corrected chi connectivity index (χ3v) is 4.04. The number of carbonyl (C=O) groups excluding carboxylic acids is 1. The van der Waals surface area contributed by atoms with Crippen molar-refractivity contribution in [3.05, 3.63) is 63.3 Å². The van der Waals surface area contributed by atoms with E-state index in [1.807, 2.05) is 0 Å². The molecule has 0 atom stereocenters. The molecule has 0 bridgehead atoms. The zero-order chi connectivity index (χ0) is 17.3. The van der Waals surface area contributed by atoms with Crippen molar-refractivity contribution in [1.82, 2.24) is 5.43 Å². The largest absolute Gasteiger partial charge is 0.506 e. The van der Waals surface area contributed by atoms with Crippen molar-refractivity contribution in [2.45, 2.75) is 6.92 Å². The standard InChI is InChI=1S/C17H12Cl2N2O3/c1-9-8-24-14-5-4-12(16(22)15(9)14)17(23)21-20-7-10-2-3-11(18)6-13(10)19/h2-8,22H,1H3,(H,21,23)/b20-7+. The maximum Gasteiger partial charge on any atom is 0.275 e. The molecule has 0 radical (unpaired) electrons. The molecule has 0 aliphatic rings. The van der Waals surface area contributed by atoms with Gasteiger partial charge in [-0.15, -0.1) is 0 Å². The molecule has 0 spiro atoms. The maximum atomic E-state index is 12.2. The lowest BCUT2D eigenvalue weighted by Crippen LogP contribution is -2.17. The predicted octanol–water partition coefficient (Wildman–Crippen LogP) is 4.52.